The first-order chi connectivity index (χ1) is 8.56. The van der Waals surface area contributed by atoms with Gasteiger partial charge in [-0.15, -0.1) is 0 Å². The van der Waals surface area contributed by atoms with Crippen LogP contribution in [-0.4, -0.2) is 29.6 Å². The smallest absolute Gasteiger partial charge is 0.335 e. The Labute approximate surface area is 109 Å². The van der Waals surface area contributed by atoms with Crippen LogP contribution in [-0.2, 0) is 4.79 Å². The van der Waals surface area contributed by atoms with Crippen LogP contribution in [0, 0.1) is 0 Å². The maximum Gasteiger partial charge on any atom is 0.335 e. The lowest BCUT2D eigenvalue weighted by Gasteiger charge is -2.08. The van der Waals surface area contributed by atoms with Crippen molar-refractivity contribution in [3.8, 4) is 0 Å². The number of hydrogen-bond donors (Lipinski definition) is 3. The molecule has 0 aliphatic heterocycles. The first-order valence-corrected chi connectivity index (χ1v) is 6.00. The van der Waals surface area contributed by atoms with E-state index in [4.69, 9.17) is 16.7 Å². The van der Waals surface area contributed by atoms with Crippen LogP contribution in [0.1, 0.15) is 23.2 Å². The summed E-state index contributed by atoms with van der Waals surface area (Å²) in [5.74, 6) is -1.24. The molecular formula is C12H13ClN2O3. The van der Waals surface area contributed by atoms with Crippen molar-refractivity contribution in [2.75, 3.05) is 11.9 Å². The lowest BCUT2D eigenvalue weighted by atomic mass is 10.2. The summed E-state index contributed by atoms with van der Waals surface area (Å²) in [6.45, 7) is 0.238. The molecule has 1 amide bonds. The SMILES string of the molecule is O=C(CNC1CC1)Nc1ccc(C(=O)O)cc1Cl. The van der Waals surface area contributed by atoms with Crippen LogP contribution in [0.2, 0.25) is 5.02 Å². The first-order valence-electron chi connectivity index (χ1n) is 5.62. The molecule has 1 aliphatic carbocycles. The van der Waals surface area contributed by atoms with Gasteiger partial charge < -0.3 is 15.7 Å². The van der Waals surface area contributed by atoms with E-state index in [0.717, 1.165) is 12.8 Å². The Morgan fingerprint density at radius 2 is 2.11 bits per heavy atom. The minimum Gasteiger partial charge on any atom is -0.478 e. The highest BCUT2D eigenvalue weighted by atomic mass is 35.5. The molecule has 3 N–H and O–H groups in total. The number of nitrogens with one attached hydrogen (secondary N) is 2. The summed E-state index contributed by atoms with van der Waals surface area (Å²) in [5.41, 5.74) is 0.512. The number of carbonyl (C=O) groups excluding carboxylic acids is 1. The quantitative estimate of drug-likeness (QED) is 0.760. The van der Waals surface area contributed by atoms with Crippen LogP contribution in [0.15, 0.2) is 18.2 Å². The summed E-state index contributed by atoms with van der Waals surface area (Å²) in [6, 6.07) is 4.66. The predicted octanol–water partition coefficient (Wildman–Crippen LogP) is 1.73. The molecule has 5 nitrogen and oxygen atoms in total. The zero-order chi connectivity index (χ0) is 13.1. The van der Waals surface area contributed by atoms with E-state index in [1.54, 1.807) is 0 Å². The largest absolute Gasteiger partial charge is 0.478 e. The van der Waals surface area contributed by atoms with Gasteiger partial charge in [-0.25, -0.2) is 4.79 Å². The fraction of sp³-hybridized carbons (Fsp3) is 0.333. The van der Waals surface area contributed by atoms with Crippen LogP contribution >= 0.6 is 11.6 Å². The minimum atomic E-state index is -1.05. The standard InChI is InChI=1S/C12H13ClN2O3/c13-9-5-7(12(17)18)1-4-10(9)15-11(16)6-14-8-2-3-8/h1,4-5,8,14H,2-3,6H2,(H,15,16)(H,17,18). The maximum absolute atomic E-state index is 11.6. The fourth-order valence-electron chi connectivity index (χ4n) is 1.47. The number of carboxylic acids is 1. The lowest BCUT2D eigenvalue weighted by molar-refractivity contribution is -0.115. The van der Waals surface area contributed by atoms with Gasteiger partial charge in [0, 0.05) is 6.04 Å². The molecule has 6 heteroatoms. The number of hydrogen-bond acceptors (Lipinski definition) is 3. The Hall–Kier alpha value is -1.59. The van der Waals surface area contributed by atoms with Crippen LogP contribution in [0.3, 0.4) is 0 Å². The van der Waals surface area contributed by atoms with Gasteiger partial charge in [-0.1, -0.05) is 11.6 Å². The molecule has 1 fully saturated rings. The highest BCUT2D eigenvalue weighted by Gasteiger charge is 2.21. The Bertz CT molecular complexity index is 486. The van der Waals surface area contributed by atoms with Crippen LogP contribution in [0.25, 0.3) is 0 Å². The van der Waals surface area contributed by atoms with Gasteiger partial charge in [0.15, 0.2) is 0 Å². The Balaban J connectivity index is 1.95. The molecule has 0 saturated heterocycles. The lowest BCUT2D eigenvalue weighted by Crippen LogP contribution is -2.29. The predicted molar refractivity (Wildman–Crippen MR) is 68.1 cm³/mol. The summed E-state index contributed by atoms with van der Waals surface area (Å²) < 4.78 is 0. The van der Waals surface area contributed by atoms with Gasteiger partial charge in [0.25, 0.3) is 0 Å². The van der Waals surface area contributed by atoms with Crippen LogP contribution < -0.4 is 10.6 Å². The van der Waals surface area contributed by atoms with Crippen LogP contribution in [0.5, 0.6) is 0 Å². The molecule has 96 valence electrons. The number of carboxylic acid groups (broad SMARTS) is 1. The third kappa shape index (κ3) is 3.45. The first kappa shape index (κ1) is 12.9. The highest BCUT2D eigenvalue weighted by molar-refractivity contribution is 6.34. The molecule has 0 bridgehead atoms. The number of aromatic carboxylic acids is 1. The monoisotopic (exact) mass is 268 g/mol. The number of benzene rings is 1. The van der Waals surface area contributed by atoms with Gasteiger partial charge in [-0.05, 0) is 31.0 Å². The van der Waals surface area contributed by atoms with Crippen molar-refractivity contribution in [2.24, 2.45) is 0 Å². The van der Waals surface area contributed by atoms with Gasteiger partial charge in [0.1, 0.15) is 0 Å². The van der Waals surface area contributed by atoms with E-state index in [1.165, 1.54) is 18.2 Å². The summed E-state index contributed by atoms with van der Waals surface area (Å²) in [5, 5.41) is 14.7. The zero-order valence-electron chi connectivity index (χ0n) is 9.57. The number of amides is 1. The second-order valence-electron chi connectivity index (χ2n) is 4.20. The van der Waals surface area contributed by atoms with E-state index in [2.05, 4.69) is 10.6 Å². The van der Waals surface area contributed by atoms with Gasteiger partial charge in [0.2, 0.25) is 5.91 Å². The van der Waals surface area contributed by atoms with Crippen molar-refractivity contribution in [1.29, 1.82) is 0 Å². The van der Waals surface area contributed by atoms with Crippen molar-refractivity contribution in [2.45, 2.75) is 18.9 Å². The number of carbonyl (C=O) groups is 2. The van der Waals surface area contributed by atoms with Crippen molar-refractivity contribution >= 4 is 29.2 Å². The van der Waals surface area contributed by atoms with Crippen molar-refractivity contribution in [1.82, 2.24) is 5.32 Å². The third-order valence-corrected chi connectivity index (χ3v) is 2.93. The number of anilines is 1. The van der Waals surface area contributed by atoms with Crippen molar-refractivity contribution < 1.29 is 14.7 Å². The average Bonchev–Trinajstić information content (AvgIpc) is 3.13. The Morgan fingerprint density at radius 3 is 2.67 bits per heavy atom. The highest BCUT2D eigenvalue weighted by Crippen LogP contribution is 2.23. The van der Waals surface area contributed by atoms with Gasteiger partial charge in [-0.2, -0.15) is 0 Å². The summed E-state index contributed by atoms with van der Waals surface area (Å²) >= 11 is 5.89. The van der Waals surface area contributed by atoms with Crippen molar-refractivity contribution in [3.63, 3.8) is 0 Å². The number of rotatable bonds is 5. The van der Waals surface area contributed by atoms with Gasteiger partial charge >= 0.3 is 5.97 Å². The Morgan fingerprint density at radius 1 is 1.39 bits per heavy atom. The summed E-state index contributed by atoms with van der Waals surface area (Å²) in [6.07, 6.45) is 2.22. The molecule has 1 aromatic carbocycles. The van der Waals surface area contributed by atoms with Crippen molar-refractivity contribution in [3.05, 3.63) is 28.8 Å². The Kier molecular flexibility index (Phi) is 3.84. The molecule has 1 saturated carbocycles. The van der Waals surface area contributed by atoms with E-state index in [0.29, 0.717) is 11.7 Å². The molecule has 0 atom stereocenters. The van der Waals surface area contributed by atoms with E-state index in [-0.39, 0.29) is 23.0 Å². The molecule has 1 aromatic rings. The van der Waals surface area contributed by atoms with E-state index in [9.17, 15) is 9.59 Å². The topological polar surface area (TPSA) is 78.4 Å². The number of halogens is 1. The minimum absolute atomic E-state index is 0.0918. The molecule has 1 aliphatic rings. The molecule has 0 heterocycles. The second kappa shape index (κ2) is 5.37. The van der Waals surface area contributed by atoms with E-state index in [1.807, 2.05) is 0 Å². The molecule has 0 aromatic heterocycles. The zero-order valence-corrected chi connectivity index (χ0v) is 10.3. The molecule has 0 radical (unpaired) electrons. The molecule has 0 spiro atoms. The van der Waals surface area contributed by atoms with Gasteiger partial charge in [-0.3, -0.25) is 4.79 Å². The molecule has 2 rings (SSSR count). The van der Waals surface area contributed by atoms with Gasteiger partial charge in [0.05, 0.1) is 22.8 Å². The van der Waals surface area contributed by atoms with E-state index < -0.39 is 5.97 Å². The fourth-order valence-corrected chi connectivity index (χ4v) is 1.70. The summed E-state index contributed by atoms with van der Waals surface area (Å²) in [4.78, 5) is 22.3. The molecule has 18 heavy (non-hydrogen) atoms. The summed E-state index contributed by atoms with van der Waals surface area (Å²) in [7, 11) is 0. The molecular weight excluding hydrogens is 256 g/mol. The maximum atomic E-state index is 11.6. The van der Waals surface area contributed by atoms with E-state index >= 15 is 0 Å². The normalized spacial score (nSPS) is 14.3. The van der Waals surface area contributed by atoms with Crippen LogP contribution in [0.4, 0.5) is 5.69 Å². The molecule has 0 unspecified atom stereocenters. The second-order valence-corrected chi connectivity index (χ2v) is 4.61. The third-order valence-electron chi connectivity index (χ3n) is 2.62. The average molecular weight is 269 g/mol.